The highest BCUT2D eigenvalue weighted by Crippen LogP contribution is 2.26. The van der Waals surface area contributed by atoms with Gasteiger partial charge in [-0.3, -0.25) is 0 Å². The molecule has 0 amide bonds. The number of para-hydroxylation sites is 1. The standard InChI is InChI=1S/C15H21FN2S/c1-2-11-7-9-12(10-8-11)17-15(19)18-14-6-4-3-5-13(14)16/h3-6,11-12H,2,7-10H2,1H3,(H2,17,18,19). The Bertz CT molecular complexity index is 428. The summed E-state index contributed by atoms with van der Waals surface area (Å²) >= 11 is 5.25. The van der Waals surface area contributed by atoms with Crippen LogP contribution in [0.2, 0.25) is 0 Å². The van der Waals surface area contributed by atoms with Gasteiger partial charge >= 0.3 is 0 Å². The van der Waals surface area contributed by atoms with Crippen LogP contribution in [0.3, 0.4) is 0 Å². The Balaban J connectivity index is 1.81. The van der Waals surface area contributed by atoms with E-state index in [0.717, 1.165) is 18.8 Å². The third-order valence-electron chi connectivity index (χ3n) is 3.88. The van der Waals surface area contributed by atoms with Crippen molar-refractivity contribution < 1.29 is 4.39 Å². The second-order valence-corrected chi connectivity index (χ2v) is 5.61. The predicted molar refractivity (Wildman–Crippen MR) is 81.8 cm³/mol. The van der Waals surface area contributed by atoms with Crippen LogP contribution in [0.5, 0.6) is 0 Å². The first-order valence-electron chi connectivity index (χ1n) is 7.01. The van der Waals surface area contributed by atoms with Crippen molar-refractivity contribution in [3.8, 4) is 0 Å². The molecule has 0 heterocycles. The molecule has 1 fully saturated rings. The largest absolute Gasteiger partial charge is 0.360 e. The number of hydrogen-bond acceptors (Lipinski definition) is 1. The maximum atomic E-state index is 13.5. The lowest BCUT2D eigenvalue weighted by atomic mass is 9.85. The van der Waals surface area contributed by atoms with Gasteiger partial charge in [0, 0.05) is 6.04 Å². The van der Waals surface area contributed by atoms with Crippen LogP contribution in [0.25, 0.3) is 0 Å². The van der Waals surface area contributed by atoms with E-state index in [9.17, 15) is 4.39 Å². The van der Waals surface area contributed by atoms with Gasteiger partial charge < -0.3 is 10.6 Å². The molecule has 4 heteroatoms. The van der Waals surface area contributed by atoms with Crippen LogP contribution in [0.1, 0.15) is 39.0 Å². The Kier molecular flexibility index (Phi) is 5.14. The van der Waals surface area contributed by atoms with Crippen molar-refractivity contribution in [2.75, 3.05) is 5.32 Å². The van der Waals surface area contributed by atoms with Crippen LogP contribution >= 0.6 is 12.2 Å². The first kappa shape index (κ1) is 14.3. The fourth-order valence-electron chi connectivity index (χ4n) is 2.62. The fraction of sp³-hybridized carbons (Fsp3) is 0.533. The molecule has 0 unspecified atom stereocenters. The van der Waals surface area contributed by atoms with Crippen LogP contribution in [-0.4, -0.2) is 11.2 Å². The Labute approximate surface area is 119 Å². The Morgan fingerprint density at radius 1 is 1.26 bits per heavy atom. The van der Waals surface area contributed by atoms with E-state index < -0.39 is 0 Å². The number of anilines is 1. The lowest BCUT2D eigenvalue weighted by Crippen LogP contribution is -2.40. The smallest absolute Gasteiger partial charge is 0.171 e. The highest BCUT2D eigenvalue weighted by molar-refractivity contribution is 7.80. The Morgan fingerprint density at radius 2 is 1.95 bits per heavy atom. The van der Waals surface area contributed by atoms with E-state index in [4.69, 9.17) is 12.2 Å². The summed E-state index contributed by atoms with van der Waals surface area (Å²) in [6.07, 6.45) is 6.09. The van der Waals surface area contributed by atoms with Gasteiger partial charge in [-0.15, -0.1) is 0 Å². The van der Waals surface area contributed by atoms with Crippen molar-refractivity contribution in [2.24, 2.45) is 5.92 Å². The van der Waals surface area contributed by atoms with Crippen LogP contribution in [0.4, 0.5) is 10.1 Å². The fourth-order valence-corrected chi connectivity index (χ4v) is 2.90. The van der Waals surface area contributed by atoms with Crippen LogP contribution in [-0.2, 0) is 0 Å². The zero-order valence-corrected chi connectivity index (χ0v) is 12.1. The monoisotopic (exact) mass is 280 g/mol. The summed E-state index contributed by atoms with van der Waals surface area (Å²) in [5, 5.41) is 6.74. The molecular formula is C15H21FN2S. The molecule has 0 aromatic heterocycles. The minimum absolute atomic E-state index is 0.277. The summed E-state index contributed by atoms with van der Waals surface area (Å²) in [7, 11) is 0. The Hall–Kier alpha value is -1.16. The average molecular weight is 280 g/mol. The summed E-state index contributed by atoms with van der Waals surface area (Å²) < 4.78 is 13.5. The SMILES string of the molecule is CCC1CCC(NC(=S)Nc2ccccc2F)CC1. The van der Waals surface area contributed by atoms with E-state index in [1.54, 1.807) is 18.2 Å². The highest BCUT2D eigenvalue weighted by atomic mass is 32.1. The zero-order valence-electron chi connectivity index (χ0n) is 11.3. The second-order valence-electron chi connectivity index (χ2n) is 5.20. The average Bonchev–Trinajstić information content (AvgIpc) is 2.42. The molecule has 0 aliphatic heterocycles. The molecule has 1 saturated carbocycles. The third-order valence-corrected chi connectivity index (χ3v) is 4.10. The molecule has 2 nitrogen and oxygen atoms in total. The zero-order chi connectivity index (χ0) is 13.7. The first-order valence-corrected chi connectivity index (χ1v) is 7.42. The van der Waals surface area contributed by atoms with E-state index >= 15 is 0 Å². The van der Waals surface area contributed by atoms with Crippen molar-refractivity contribution >= 4 is 23.0 Å². The number of halogens is 1. The topological polar surface area (TPSA) is 24.1 Å². The van der Waals surface area contributed by atoms with Gasteiger partial charge in [0.1, 0.15) is 5.82 Å². The number of nitrogens with one attached hydrogen (secondary N) is 2. The van der Waals surface area contributed by atoms with Crippen LogP contribution in [0.15, 0.2) is 24.3 Å². The van der Waals surface area contributed by atoms with Crippen molar-refractivity contribution in [1.82, 2.24) is 5.32 Å². The number of rotatable bonds is 3. The maximum Gasteiger partial charge on any atom is 0.171 e. The second kappa shape index (κ2) is 6.85. The van der Waals surface area contributed by atoms with Crippen molar-refractivity contribution in [1.29, 1.82) is 0 Å². The predicted octanol–water partition coefficient (Wildman–Crippen LogP) is 4.08. The molecule has 2 rings (SSSR count). The van der Waals surface area contributed by atoms with Gasteiger partial charge in [0.05, 0.1) is 5.69 Å². The number of thiocarbonyl (C=S) groups is 1. The summed E-state index contributed by atoms with van der Waals surface area (Å²) in [4.78, 5) is 0. The normalized spacial score (nSPS) is 22.8. The summed E-state index contributed by atoms with van der Waals surface area (Å²) in [6, 6.07) is 7.01. The molecule has 1 aromatic carbocycles. The van der Waals surface area contributed by atoms with Crippen molar-refractivity contribution in [3.63, 3.8) is 0 Å². The number of benzene rings is 1. The van der Waals surface area contributed by atoms with Gasteiger partial charge in [0.2, 0.25) is 0 Å². The molecule has 0 spiro atoms. The van der Waals surface area contributed by atoms with Gasteiger partial charge in [-0.05, 0) is 56.0 Å². The van der Waals surface area contributed by atoms with Crippen LogP contribution < -0.4 is 10.6 Å². The van der Waals surface area contributed by atoms with E-state index in [-0.39, 0.29) is 5.82 Å². The third kappa shape index (κ3) is 4.16. The maximum absolute atomic E-state index is 13.5. The Morgan fingerprint density at radius 3 is 2.58 bits per heavy atom. The first-order chi connectivity index (χ1) is 9.19. The van der Waals surface area contributed by atoms with Crippen molar-refractivity contribution in [3.05, 3.63) is 30.1 Å². The van der Waals surface area contributed by atoms with E-state index in [1.165, 1.54) is 25.3 Å². The minimum atomic E-state index is -0.277. The van der Waals surface area contributed by atoms with E-state index in [2.05, 4.69) is 17.6 Å². The van der Waals surface area contributed by atoms with Gasteiger partial charge in [-0.25, -0.2) is 4.39 Å². The van der Waals surface area contributed by atoms with Gasteiger partial charge in [-0.1, -0.05) is 25.5 Å². The molecule has 0 bridgehead atoms. The molecule has 0 saturated heterocycles. The molecule has 0 radical (unpaired) electrons. The lowest BCUT2D eigenvalue weighted by Gasteiger charge is -2.29. The molecule has 19 heavy (non-hydrogen) atoms. The van der Waals surface area contributed by atoms with Gasteiger partial charge in [0.25, 0.3) is 0 Å². The molecule has 1 aliphatic rings. The quantitative estimate of drug-likeness (QED) is 0.816. The van der Waals surface area contributed by atoms with Gasteiger partial charge in [0.15, 0.2) is 5.11 Å². The summed E-state index contributed by atoms with van der Waals surface area (Å²) in [5.41, 5.74) is 0.433. The van der Waals surface area contributed by atoms with Gasteiger partial charge in [-0.2, -0.15) is 0 Å². The van der Waals surface area contributed by atoms with Crippen LogP contribution in [0, 0.1) is 11.7 Å². The molecule has 104 valence electrons. The molecular weight excluding hydrogens is 259 g/mol. The van der Waals surface area contributed by atoms with E-state index in [0.29, 0.717) is 16.8 Å². The summed E-state index contributed by atoms with van der Waals surface area (Å²) in [5.74, 6) is 0.590. The summed E-state index contributed by atoms with van der Waals surface area (Å²) in [6.45, 7) is 2.25. The van der Waals surface area contributed by atoms with Crippen molar-refractivity contribution in [2.45, 2.75) is 45.1 Å². The molecule has 1 aromatic rings. The molecule has 1 aliphatic carbocycles. The minimum Gasteiger partial charge on any atom is -0.360 e. The molecule has 0 atom stereocenters. The number of hydrogen-bond donors (Lipinski definition) is 2. The van der Waals surface area contributed by atoms with E-state index in [1.807, 2.05) is 0 Å². The lowest BCUT2D eigenvalue weighted by molar-refractivity contribution is 0.306. The highest BCUT2D eigenvalue weighted by Gasteiger charge is 2.20. The molecule has 2 N–H and O–H groups in total.